The number of hydrogen-bond donors (Lipinski definition) is 2. The van der Waals surface area contributed by atoms with Crippen molar-refractivity contribution in [2.24, 2.45) is 0 Å². The molecule has 9 heteroatoms. The highest BCUT2D eigenvalue weighted by atomic mass is 16.5. The van der Waals surface area contributed by atoms with Crippen LogP contribution in [0.15, 0.2) is 12.4 Å². The van der Waals surface area contributed by atoms with Crippen molar-refractivity contribution in [1.29, 1.82) is 0 Å². The Hall–Kier alpha value is -2.52. The van der Waals surface area contributed by atoms with Crippen LogP contribution in [0.1, 0.15) is 25.3 Å². The minimum Gasteiger partial charge on any atom is -0.378 e. The Kier molecular flexibility index (Phi) is 4.71. The summed E-state index contributed by atoms with van der Waals surface area (Å²) >= 11 is 0. The largest absolute Gasteiger partial charge is 0.378 e. The van der Waals surface area contributed by atoms with Crippen LogP contribution in [0.5, 0.6) is 0 Å². The first-order valence-corrected chi connectivity index (χ1v) is 10.4. The summed E-state index contributed by atoms with van der Waals surface area (Å²) in [5, 5.41) is 3.48. The van der Waals surface area contributed by atoms with E-state index in [4.69, 9.17) is 20.4 Å². The number of rotatable bonds is 3. The topological polar surface area (TPSA) is 105 Å². The molecule has 0 bridgehead atoms. The molecule has 0 atom stereocenters. The van der Waals surface area contributed by atoms with Gasteiger partial charge >= 0.3 is 0 Å². The lowest BCUT2D eigenvalue weighted by Crippen LogP contribution is -2.52. The molecule has 3 aliphatic rings. The van der Waals surface area contributed by atoms with Gasteiger partial charge in [0, 0.05) is 48.7 Å². The van der Waals surface area contributed by atoms with Gasteiger partial charge in [0.2, 0.25) is 11.9 Å². The summed E-state index contributed by atoms with van der Waals surface area (Å²) in [5.41, 5.74) is 8.83. The molecule has 0 spiro atoms. The van der Waals surface area contributed by atoms with E-state index in [1.807, 2.05) is 0 Å². The lowest BCUT2D eigenvalue weighted by molar-refractivity contribution is 0.122. The third kappa shape index (κ3) is 3.38. The highest BCUT2D eigenvalue weighted by molar-refractivity contribution is 5.73. The van der Waals surface area contributed by atoms with Crippen molar-refractivity contribution in [3.05, 3.63) is 18.0 Å². The predicted molar refractivity (Wildman–Crippen MR) is 112 cm³/mol. The Morgan fingerprint density at radius 3 is 2.52 bits per heavy atom. The number of nitrogens with one attached hydrogen (secondary N) is 1. The molecule has 0 aromatic carbocycles. The van der Waals surface area contributed by atoms with E-state index in [1.165, 1.54) is 5.56 Å². The number of piperidine rings is 1. The summed E-state index contributed by atoms with van der Waals surface area (Å²) in [6, 6.07) is 0. The Morgan fingerprint density at radius 2 is 1.79 bits per heavy atom. The van der Waals surface area contributed by atoms with E-state index >= 15 is 0 Å². The van der Waals surface area contributed by atoms with E-state index in [0.717, 1.165) is 75.0 Å². The van der Waals surface area contributed by atoms with Crippen LogP contribution in [-0.2, 0) is 11.2 Å². The summed E-state index contributed by atoms with van der Waals surface area (Å²) in [4.78, 5) is 23.2. The van der Waals surface area contributed by atoms with Gasteiger partial charge < -0.3 is 25.6 Å². The molecule has 2 fully saturated rings. The first-order chi connectivity index (χ1) is 14.1. The van der Waals surface area contributed by atoms with Crippen LogP contribution < -0.4 is 20.9 Å². The van der Waals surface area contributed by atoms with E-state index in [0.29, 0.717) is 13.2 Å². The second-order valence-electron chi connectivity index (χ2n) is 8.25. The summed E-state index contributed by atoms with van der Waals surface area (Å²) in [6.45, 7) is 8.43. The number of nitrogens with zero attached hydrogens (tertiary/aromatic N) is 6. The highest BCUT2D eigenvalue weighted by Gasteiger charge is 2.39. The number of morpholine rings is 1. The molecule has 2 aromatic heterocycles. The van der Waals surface area contributed by atoms with Crippen molar-refractivity contribution in [1.82, 2.24) is 25.3 Å². The highest BCUT2D eigenvalue weighted by Crippen LogP contribution is 2.41. The van der Waals surface area contributed by atoms with Crippen molar-refractivity contribution in [3.8, 4) is 11.3 Å². The van der Waals surface area contributed by atoms with Gasteiger partial charge in [-0.15, -0.1) is 0 Å². The summed E-state index contributed by atoms with van der Waals surface area (Å²) < 4.78 is 5.53. The fraction of sp³-hybridized carbons (Fsp3) is 0.600. The average molecular weight is 396 g/mol. The van der Waals surface area contributed by atoms with Gasteiger partial charge in [-0.2, -0.15) is 4.98 Å². The Morgan fingerprint density at radius 1 is 1.07 bits per heavy atom. The van der Waals surface area contributed by atoms with Crippen LogP contribution in [0.3, 0.4) is 0 Å². The number of hydrogen-bond acceptors (Lipinski definition) is 9. The van der Waals surface area contributed by atoms with E-state index in [9.17, 15) is 0 Å². The molecule has 29 heavy (non-hydrogen) atoms. The van der Waals surface area contributed by atoms with E-state index in [1.54, 1.807) is 12.4 Å². The number of nitrogens with two attached hydrogens (primary N) is 1. The zero-order valence-electron chi connectivity index (χ0n) is 16.9. The Labute approximate surface area is 170 Å². The minimum absolute atomic E-state index is 0.113. The summed E-state index contributed by atoms with van der Waals surface area (Å²) in [6.07, 6.45) is 6.70. The Bertz CT molecular complexity index is 875. The van der Waals surface area contributed by atoms with Crippen LogP contribution in [0.2, 0.25) is 0 Å². The van der Waals surface area contributed by atoms with Crippen LogP contribution in [-0.4, -0.2) is 71.4 Å². The van der Waals surface area contributed by atoms with E-state index in [2.05, 4.69) is 32.0 Å². The lowest BCUT2D eigenvalue weighted by Gasteiger charge is -2.43. The fourth-order valence-corrected chi connectivity index (χ4v) is 4.61. The molecule has 154 valence electrons. The molecule has 0 unspecified atom stereocenters. The lowest BCUT2D eigenvalue weighted by atomic mass is 9.89. The van der Waals surface area contributed by atoms with Gasteiger partial charge in [-0.05, 0) is 39.3 Å². The molecule has 2 saturated heterocycles. The third-order valence-corrected chi connectivity index (χ3v) is 6.39. The quantitative estimate of drug-likeness (QED) is 0.781. The van der Waals surface area contributed by atoms with Crippen LogP contribution in [0, 0.1) is 0 Å². The van der Waals surface area contributed by atoms with Crippen molar-refractivity contribution in [2.45, 2.75) is 31.7 Å². The smallest absolute Gasteiger partial charge is 0.228 e. The predicted octanol–water partition coefficient (Wildman–Crippen LogP) is 0.857. The third-order valence-electron chi connectivity index (χ3n) is 6.39. The van der Waals surface area contributed by atoms with Gasteiger partial charge in [-0.25, -0.2) is 15.0 Å². The summed E-state index contributed by atoms with van der Waals surface area (Å²) in [7, 11) is 0. The normalized spacial score (nSPS) is 21.3. The Balaban J connectivity index is 1.61. The van der Waals surface area contributed by atoms with Gasteiger partial charge in [0.05, 0.1) is 18.9 Å². The zero-order valence-corrected chi connectivity index (χ0v) is 16.9. The number of aromatic nitrogens is 4. The van der Waals surface area contributed by atoms with Gasteiger partial charge in [-0.1, -0.05) is 0 Å². The number of nitrogen functional groups attached to an aromatic ring is 1. The molecule has 5 rings (SSSR count). The number of ether oxygens (including phenoxy) is 1. The molecule has 5 heterocycles. The maximum absolute atomic E-state index is 5.71. The SMILES string of the molecule is CC1(N2CCc3c(-c4cnc(N)nc4)nc(N4CCOCC4)nc32)CCNCC1. The molecule has 0 saturated carbocycles. The standard InChI is InChI=1S/C20H28N8O/c1-20(3-5-22-6-4-20)28-7-2-15-16(14-12-23-18(21)24-13-14)25-19(26-17(15)28)27-8-10-29-11-9-27/h12-13,22H,2-11H2,1H3,(H2,21,23,24). The molecule has 2 aromatic rings. The number of fused-ring (bicyclic) bond motifs is 1. The van der Waals surface area contributed by atoms with E-state index in [-0.39, 0.29) is 11.5 Å². The molecular weight excluding hydrogens is 368 g/mol. The molecule has 3 aliphatic heterocycles. The van der Waals surface area contributed by atoms with Crippen molar-refractivity contribution < 1.29 is 4.74 Å². The molecule has 0 radical (unpaired) electrons. The minimum atomic E-state index is 0.113. The fourth-order valence-electron chi connectivity index (χ4n) is 4.61. The van der Waals surface area contributed by atoms with Crippen molar-refractivity contribution in [2.75, 3.05) is 61.5 Å². The van der Waals surface area contributed by atoms with Gasteiger partial charge in [0.1, 0.15) is 5.82 Å². The van der Waals surface area contributed by atoms with Crippen molar-refractivity contribution >= 4 is 17.7 Å². The van der Waals surface area contributed by atoms with Gasteiger partial charge in [0.15, 0.2) is 0 Å². The average Bonchev–Trinajstić information content (AvgIpc) is 3.20. The van der Waals surface area contributed by atoms with Crippen LogP contribution in [0.25, 0.3) is 11.3 Å². The second kappa shape index (κ2) is 7.38. The summed E-state index contributed by atoms with van der Waals surface area (Å²) in [5.74, 6) is 2.11. The first-order valence-electron chi connectivity index (χ1n) is 10.4. The molecule has 3 N–H and O–H groups in total. The number of anilines is 3. The van der Waals surface area contributed by atoms with Crippen LogP contribution >= 0.6 is 0 Å². The maximum Gasteiger partial charge on any atom is 0.228 e. The molecule has 0 aliphatic carbocycles. The monoisotopic (exact) mass is 396 g/mol. The van der Waals surface area contributed by atoms with Gasteiger partial charge in [0.25, 0.3) is 0 Å². The molecule has 9 nitrogen and oxygen atoms in total. The molecular formula is C20H28N8O. The first kappa shape index (κ1) is 18.5. The van der Waals surface area contributed by atoms with Crippen LogP contribution in [0.4, 0.5) is 17.7 Å². The molecule has 0 amide bonds. The zero-order chi connectivity index (χ0) is 19.8. The van der Waals surface area contributed by atoms with E-state index < -0.39 is 0 Å². The second-order valence-corrected chi connectivity index (χ2v) is 8.25. The van der Waals surface area contributed by atoms with Gasteiger partial charge in [-0.3, -0.25) is 0 Å². The van der Waals surface area contributed by atoms with Crippen molar-refractivity contribution in [3.63, 3.8) is 0 Å². The maximum atomic E-state index is 5.71.